The number of nitrogens with zero attached hydrogens (tertiary/aromatic N) is 16. The van der Waals surface area contributed by atoms with Crippen LogP contribution in [0.3, 0.4) is 0 Å². The molecule has 0 aliphatic heterocycles. The van der Waals surface area contributed by atoms with Crippen LogP contribution in [0, 0.1) is 75.7 Å². The molecule has 2 fully saturated rings. The van der Waals surface area contributed by atoms with Crippen molar-refractivity contribution in [3.63, 3.8) is 0 Å². The lowest BCUT2D eigenvalue weighted by Crippen LogP contribution is -2.22. The van der Waals surface area contributed by atoms with Crippen LogP contribution in [0.5, 0.6) is 0 Å². The summed E-state index contributed by atoms with van der Waals surface area (Å²) in [4.78, 5) is 74.6. The molecule has 10 aromatic heterocycles. The Morgan fingerprint density at radius 1 is 0.422 bits per heavy atom. The minimum atomic E-state index is -0.0686. The molecule has 12 aromatic rings. The number of nitrogens with one attached hydrogen (secondary N) is 5. The van der Waals surface area contributed by atoms with Crippen molar-refractivity contribution in [2.24, 2.45) is 34.5 Å². The SMILES string of the molecule is C=C(CC(C)(C)C)Nc1nc2ccc(C)nc2n1CC(C)C.C=C(CC(C)C)Nc1nc2ccc(C)nc2n1CC(C)C.Cc1ccc(CC(=O)Nc2nc3ccc(C)nc3n2CC(C)C)cc1.Cc1ccc2nc(NC(=O)CCc3ccccc3)n(C3CCC3)c2n1.[C-]#[N+]c1ccc2nc(NC(=C)CC(C)(C)C)n(C3CCC3)c2n1. The summed E-state index contributed by atoms with van der Waals surface area (Å²) in [5, 5.41) is 16.1. The second-order valence-corrected chi connectivity index (χ2v) is 35.4. The lowest BCUT2D eigenvalue weighted by Gasteiger charge is -2.28. The van der Waals surface area contributed by atoms with Crippen LogP contribution in [0.4, 0.5) is 35.6 Å². The molecule has 5 N–H and O–H groups in total. The number of benzene rings is 2. The maximum absolute atomic E-state index is 12.5. The minimum Gasteiger partial charge on any atom is -0.361 e. The van der Waals surface area contributed by atoms with Gasteiger partial charge in [0.25, 0.3) is 11.5 Å². The molecule has 23 nitrogen and oxygen atoms in total. The van der Waals surface area contributed by atoms with E-state index in [2.05, 4.69) is 211 Å². The molecular weight excluding hydrogens is 1440 g/mol. The van der Waals surface area contributed by atoms with Crippen LogP contribution >= 0.6 is 0 Å². The third-order valence-electron chi connectivity index (χ3n) is 19.5. The predicted octanol–water partition coefficient (Wildman–Crippen LogP) is 22.1. The molecule has 2 amide bonds. The summed E-state index contributed by atoms with van der Waals surface area (Å²) in [7, 11) is 0. The molecule has 116 heavy (non-hydrogen) atoms. The number of imidazole rings is 5. The standard InChI is InChI=1S/C20H22N4O.C20H24N4O.C18H23N5.C18H28N4.C17H26N4/c1-14-10-12-17-19(21-14)24(16-8-5-9-16)20(22-17)23-18(25)13-11-15-6-3-2-4-7-15;1-13(2)12-24-19-17(10-7-15(4)21-19)22-20(24)23-18(25)11-16-8-5-14(3)6-9-16;1-12(11-18(2,3)4)20-17-21-14-9-10-15(19-5)22-16(14)23(17)13-7-6-8-13;1-12(2)11-22-16-15(9-8-13(3)19-16)21-17(22)20-14(4)10-18(5,6)7;1-11(2)9-14(6)19-17-20-15-8-7-13(5)18-16(15)21(17)10-12(3)4/h2-4,6-7,10,12,16H,5,8-9,11,13H2,1H3,(H,22,23,25);5-10,13H,11-12H2,1-4H3,(H,22,23,25);9-10,13H,1,6-8,11H2,2-4H3,(H,20,21);8-9,12H,4,10-11H2,1-3,5-7H3,(H,20,21);7-8,11-12H,6,9-10H2,1-5H3,(H,19,20). The van der Waals surface area contributed by atoms with Crippen LogP contribution < -0.4 is 26.6 Å². The highest BCUT2D eigenvalue weighted by molar-refractivity contribution is 5.93. The molecule has 23 heteroatoms. The van der Waals surface area contributed by atoms with E-state index in [0.29, 0.717) is 66.3 Å². The first-order valence-electron chi connectivity index (χ1n) is 41.2. The summed E-state index contributed by atoms with van der Waals surface area (Å²) >= 11 is 0. The fraction of sp³-hybridized carbons (Fsp3) is 0.452. The van der Waals surface area contributed by atoms with E-state index in [4.69, 9.17) is 11.6 Å². The zero-order chi connectivity index (χ0) is 83.9. The van der Waals surface area contributed by atoms with E-state index < -0.39 is 0 Å². The Kier molecular flexibility index (Phi) is 29.1. The third kappa shape index (κ3) is 24.3. The van der Waals surface area contributed by atoms with Gasteiger partial charge < -0.3 is 20.8 Å². The van der Waals surface area contributed by atoms with Gasteiger partial charge in [-0.25, -0.2) is 44.9 Å². The average Bonchev–Trinajstić information content (AvgIpc) is 1.62. The van der Waals surface area contributed by atoms with Gasteiger partial charge in [0.1, 0.15) is 27.6 Å². The van der Waals surface area contributed by atoms with Crippen LogP contribution in [-0.2, 0) is 42.1 Å². The van der Waals surface area contributed by atoms with Gasteiger partial charge in [0, 0.05) is 78.0 Å². The van der Waals surface area contributed by atoms with Gasteiger partial charge in [-0.3, -0.25) is 43.1 Å². The molecule has 2 aliphatic rings. The fourth-order valence-corrected chi connectivity index (χ4v) is 14.0. The summed E-state index contributed by atoms with van der Waals surface area (Å²) in [6.45, 7) is 62.8. The molecule has 10 heterocycles. The van der Waals surface area contributed by atoms with Gasteiger partial charge >= 0.3 is 0 Å². The number of allylic oxidation sites excluding steroid dienone is 3. The Morgan fingerprint density at radius 3 is 1.18 bits per heavy atom. The van der Waals surface area contributed by atoms with Crippen LogP contribution in [0.1, 0.15) is 213 Å². The van der Waals surface area contributed by atoms with E-state index in [1.807, 2.05) is 148 Å². The zero-order valence-electron chi connectivity index (χ0n) is 72.1. The van der Waals surface area contributed by atoms with Crippen LogP contribution in [0.2, 0.25) is 0 Å². The van der Waals surface area contributed by atoms with Crippen molar-refractivity contribution in [2.75, 3.05) is 26.6 Å². The number of aryl methyl sites for hydroxylation is 6. The number of pyridine rings is 5. The molecule has 2 saturated carbocycles. The highest BCUT2D eigenvalue weighted by Gasteiger charge is 2.30. The van der Waals surface area contributed by atoms with E-state index in [-0.39, 0.29) is 22.6 Å². The summed E-state index contributed by atoms with van der Waals surface area (Å²) in [6.07, 6.45) is 11.2. The highest BCUT2D eigenvalue weighted by Crippen LogP contribution is 2.40. The second-order valence-electron chi connectivity index (χ2n) is 35.4. The van der Waals surface area contributed by atoms with Gasteiger partial charge in [0.15, 0.2) is 22.6 Å². The average molecular weight is 1570 g/mol. The summed E-state index contributed by atoms with van der Waals surface area (Å²) < 4.78 is 10.6. The smallest absolute Gasteiger partial charge is 0.271 e. The van der Waals surface area contributed by atoms with E-state index in [1.54, 1.807) is 6.07 Å². The number of aromatic nitrogens is 15. The highest BCUT2D eigenvalue weighted by atomic mass is 16.2. The molecular formula is C93H123N21O2. The predicted molar refractivity (Wildman–Crippen MR) is 476 cm³/mol. The number of fused-ring (bicyclic) bond motifs is 5. The van der Waals surface area contributed by atoms with Crippen molar-refractivity contribution in [3.8, 4) is 0 Å². The van der Waals surface area contributed by atoms with Crippen molar-refractivity contribution in [3.05, 3.63) is 203 Å². The van der Waals surface area contributed by atoms with Crippen molar-refractivity contribution in [1.82, 2.24) is 72.7 Å². The van der Waals surface area contributed by atoms with Gasteiger partial charge in [-0.15, -0.1) is 0 Å². The molecule has 0 unspecified atom stereocenters. The Morgan fingerprint density at radius 2 is 0.784 bits per heavy atom. The molecule has 0 radical (unpaired) electrons. The van der Waals surface area contributed by atoms with Crippen molar-refractivity contribution >= 4 is 103 Å². The second kappa shape index (κ2) is 38.8. The number of hydrogen-bond donors (Lipinski definition) is 5. The number of rotatable bonds is 25. The van der Waals surface area contributed by atoms with Crippen molar-refractivity contribution in [1.29, 1.82) is 0 Å². The monoisotopic (exact) mass is 1570 g/mol. The Labute approximate surface area is 686 Å². The van der Waals surface area contributed by atoms with Gasteiger partial charge in [0.2, 0.25) is 41.6 Å². The Bertz CT molecular complexity index is 5450. The maximum Gasteiger partial charge on any atom is 0.271 e. The maximum atomic E-state index is 12.5. The van der Waals surface area contributed by atoms with Crippen LogP contribution in [0.25, 0.3) is 60.7 Å². The van der Waals surface area contributed by atoms with Crippen molar-refractivity contribution < 1.29 is 9.59 Å². The van der Waals surface area contributed by atoms with Gasteiger partial charge in [0.05, 0.1) is 6.42 Å². The first-order valence-corrected chi connectivity index (χ1v) is 41.2. The molecule has 2 aliphatic carbocycles. The number of hydrogen-bond acceptors (Lipinski definition) is 15. The van der Waals surface area contributed by atoms with Crippen molar-refractivity contribution in [2.45, 2.75) is 240 Å². The van der Waals surface area contributed by atoms with E-state index >= 15 is 0 Å². The van der Waals surface area contributed by atoms with Gasteiger partial charge in [-0.1, -0.05) is 188 Å². The first kappa shape index (κ1) is 87.0. The normalized spacial score (nSPS) is 12.9. The Hall–Kier alpha value is -11.4. The molecule has 0 saturated heterocycles. The lowest BCUT2D eigenvalue weighted by molar-refractivity contribution is -0.116. The topological polar surface area (TPSA) is 252 Å². The van der Waals surface area contributed by atoms with Gasteiger partial charge in [-0.2, -0.15) is 0 Å². The molecule has 14 rings (SSSR count). The van der Waals surface area contributed by atoms with Gasteiger partial charge in [-0.05, 0) is 205 Å². The number of carbonyl (C=O) groups excluding carboxylic acids is 2. The summed E-state index contributed by atoms with van der Waals surface area (Å²) in [5.41, 5.74) is 19.3. The lowest BCUT2D eigenvalue weighted by atomic mass is 9.91. The molecule has 612 valence electrons. The minimum absolute atomic E-state index is 0.00328. The largest absolute Gasteiger partial charge is 0.361 e. The quantitative estimate of drug-likeness (QED) is 0.0334. The van der Waals surface area contributed by atoms with E-state index in [0.717, 1.165) is 190 Å². The number of amides is 2. The molecule has 2 aromatic carbocycles. The fourth-order valence-electron chi connectivity index (χ4n) is 14.0. The molecule has 0 bridgehead atoms. The van der Waals surface area contributed by atoms with Crippen LogP contribution in [-0.4, -0.2) is 84.5 Å². The number of carbonyl (C=O) groups is 2. The molecule has 0 atom stereocenters. The summed E-state index contributed by atoms with van der Waals surface area (Å²) in [6, 6.07) is 38.4. The summed E-state index contributed by atoms with van der Waals surface area (Å²) in [5.74, 6) is 6.10. The Balaban J connectivity index is 0.000000153. The first-order chi connectivity index (χ1) is 55.0. The zero-order valence-corrected chi connectivity index (χ0v) is 72.1. The third-order valence-corrected chi connectivity index (χ3v) is 19.5. The number of anilines is 5. The molecule has 0 spiro atoms. The van der Waals surface area contributed by atoms with Crippen LogP contribution in [0.15, 0.2) is 152 Å². The van der Waals surface area contributed by atoms with E-state index in [1.165, 1.54) is 24.0 Å². The van der Waals surface area contributed by atoms with E-state index in [9.17, 15) is 9.59 Å².